The minimum atomic E-state index is 0.0421. The fourth-order valence-corrected chi connectivity index (χ4v) is 3.19. The number of para-hydroxylation sites is 3. The molecule has 0 spiro atoms. The van der Waals surface area contributed by atoms with Crippen LogP contribution in [0, 0.1) is 0 Å². The number of furan rings is 1. The van der Waals surface area contributed by atoms with Gasteiger partial charge in [-0.25, -0.2) is 0 Å². The van der Waals surface area contributed by atoms with E-state index in [4.69, 9.17) is 4.42 Å². The average Bonchev–Trinajstić information content (AvgIpc) is 2.95. The summed E-state index contributed by atoms with van der Waals surface area (Å²) in [7, 11) is 0. The maximum absolute atomic E-state index is 6.35. The highest BCUT2D eigenvalue weighted by Crippen LogP contribution is 2.39. The highest BCUT2D eigenvalue weighted by molar-refractivity contribution is 6.10. The number of fused-ring (bicyclic) bond motifs is 3. The summed E-state index contributed by atoms with van der Waals surface area (Å²) in [5.74, 6) is 0. The summed E-state index contributed by atoms with van der Waals surface area (Å²) in [6, 6.07) is 22.9. The molecule has 2 nitrogen and oxygen atoms in total. The van der Waals surface area contributed by atoms with E-state index in [2.05, 4.69) is 74.6 Å². The van der Waals surface area contributed by atoms with E-state index >= 15 is 0 Å². The van der Waals surface area contributed by atoms with Crippen LogP contribution in [0.5, 0.6) is 0 Å². The summed E-state index contributed by atoms with van der Waals surface area (Å²) in [4.78, 5) is 0. The standard InChI is InChI=1S/C22H21NO/c1-22(2,3)18-13-7-11-16-17-12-8-14-19(21(17)24-20(16)18)23-15-9-5-4-6-10-15/h4-14,23H,1-3H3. The summed E-state index contributed by atoms with van der Waals surface area (Å²) in [5, 5.41) is 5.80. The Kier molecular flexibility index (Phi) is 3.34. The van der Waals surface area contributed by atoms with Crippen molar-refractivity contribution in [2.75, 3.05) is 5.32 Å². The van der Waals surface area contributed by atoms with Gasteiger partial charge in [0.05, 0.1) is 5.69 Å². The van der Waals surface area contributed by atoms with Gasteiger partial charge >= 0.3 is 0 Å². The zero-order valence-electron chi connectivity index (χ0n) is 14.3. The Morgan fingerprint density at radius 2 is 1.38 bits per heavy atom. The Balaban J connectivity index is 1.95. The van der Waals surface area contributed by atoms with E-state index in [0.29, 0.717) is 0 Å². The van der Waals surface area contributed by atoms with Crippen molar-refractivity contribution in [3.05, 3.63) is 72.3 Å². The Morgan fingerprint density at radius 3 is 2.08 bits per heavy atom. The molecule has 0 fully saturated rings. The first kappa shape index (κ1) is 14.8. The van der Waals surface area contributed by atoms with Crippen LogP contribution >= 0.6 is 0 Å². The monoisotopic (exact) mass is 315 g/mol. The lowest BCUT2D eigenvalue weighted by Gasteiger charge is -2.18. The van der Waals surface area contributed by atoms with Crippen LogP contribution in [-0.2, 0) is 5.41 Å². The van der Waals surface area contributed by atoms with E-state index in [1.165, 1.54) is 10.9 Å². The Hall–Kier alpha value is -2.74. The summed E-state index contributed by atoms with van der Waals surface area (Å²) in [6.07, 6.45) is 0. The average molecular weight is 315 g/mol. The van der Waals surface area contributed by atoms with Crippen molar-refractivity contribution >= 4 is 33.3 Å². The lowest BCUT2D eigenvalue weighted by molar-refractivity contribution is 0.573. The van der Waals surface area contributed by atoms with Gasteiger partial charge in [0.25, 0.3) is 0 Å². The van der Waals surface area contributed by atoms with Crippen LogP contribution in [0.25, 0.3) is 21.9 Å². The van der Waals surface area contributed by atoms with Gasteiger partial charge in [-0.15, -0.1) is 0 Å². The molecule has 0 unspecified atom stereocenters. The largest absolute Gasteiger partial charge is 0.454 e. The van der Waals surface area contributed by atoms with Crippen LogP contribution in [0.4, 0.5) is 11.4 Å². The summed E-state index contributed by atoms with van der Waals surface area (Å²) >= 11 is 0. The number of anilines is 2. The van der Waals surface area contributed by atoms with Gasteiger partial charge in [-0.2, -0.15) is 0 Å². The summed E-state index contributed by atoms with van der Waals surface area (Å²) in [5.41, 5.74) is 5.23. The molecule has 0 bridgehead atoms. The molecule has 0 atom stereocenters. The molecule has 24 heavy (non-hydrogen) atoms. The van der Waals surface area contributed by atoms with E-state index < -0.39 is 0 Å². The number of hydrogen-bond acceptors (Lipinski definition) is 2. The van der Waals surface area contributed by atoms with Crippen LogP contribution in [0.3, 0.4) is 0 Å². The zero-order chi connectivity index (χ0) is 16.7. The van der Waals surface area contributed by atoms with Crippen molar-refractivity contribution in [1.82, 2.24) is 0 Å². The van der Waals surface area contributed by atoms with Crippen molar-refractivity contribution in [2.45, 2.75) is 26.2 Å². The third-order valence-electron chi connectivity index (χ3n) is 4.39. The van der Waals surface area contributed by atoms with E-state index in [0.717, 1.165) is 27.9 Å². The lowest BCUT2D eigenvalue weighted by atomic mass is 9.86. The Bertz CT molecular complexity index is 1010. The minimum Gasteiger partial charge on any atom is -0.454 e. The molecule has 0 radical (unpaired) electrons. The fraction of sp³-hybridized carbons (Fsp3) is 0.182. The molecule has 2 heteroatoms. The van der Waals surface area contributed by atoms with Gasteiger partial charge in [0.1, 0.15) is 5.58 Å². The van der Waals surface area contributed by atoms with Crippen molar-refractivity contribution in [2.24, 2.45) is 0 Å². The van der Waals surface area contributed by atoms with Gasteiger partial charge in [0.15, 0.2) is 5.58 Å². The van der Waals surface area contributed by atoms with Crippen LogP contribution in [0.15, 0.2) is 71.1 Å². The van der Waals surface area contributed by atoms with Gasteiger partial charge in [0.2, 0.25) is 0 Å². The molecule has 3 aromatic carbocycles. The third-order valence-corrected chi connectivity index (χ3v) is 4.39. The summed E-state index contributed by atoms with van der Waals surface area (Å²) < 4.78 is 6.35. The first-order chi connectivity index (χ1) is 11.5. The fourth-order valence-electron chi connectivity index (χ4n) is 3.19. The smallest absolute Gasteiger partial charge is 0.158 e. The van der Waals surface area contributed by atoms with E-state index in [9.17, 15) is 0 Å². The normalized spacial score (nSPS) is 12.0. The molecule has 0 aliphatic rings. The zero-order valence-corrected chi connectivity index (χ0v) is 14.3. The van der Waals surface area contributed by atoms with Crippen molar-refractivity contribution in [3.63, 3.8) is 0 Å². The molecule has 4 rings (SSSR count). The lowest BCUT2D eigenvalue weighted by Crippen LogP contribution is -2.10. The Labute approximate surface area is 142 Å². The molecule has 0 aliphatic heterocycles. The van der Waals surface area contributed by atoms with Gasteiger partial charge in [0, 0.05) is 22.0 Å². The third kappa shape index (κ3) is 2.44. The highest BCUT2D eigenvalue weighted by Gasteiger charge is 2.21. The SMILES string of the molecule is CC(C)(C)c1cccc2c1oc1c(Nc3ccccc3)cccc12. The van der Waals surface area contributed by atoms with Crippen molar-refractivity contribution < 1.29 is 4.42 Å². The number of nitrogens with one attached hydrogen (secondary N) is 1. The van der Waals surface area contributed by atoms with Crippen molar-refractivity contribution in [1.29, 1.82) is 0 Å². The predicted octanol–water partition coefficient (Wildman–Crippen LogP) is 6.63. The summed E-state index contributed by atoms with van der Waals surface area (Å²) in [6.45, 7) is 6.66. The van der Waals surface area contributed by atoms with Crippen LogP contribution in [-0.4, -0.2) is 0 Å². The maximum atomic E-state index is 6.35. The molecule has 1 aromatic heterocycles. The van der Waals surface area contributed by atoms with Gasteiger partial charge in [-0.1, -0.05) is 69.3 Å². The second-order valence-corrected chi connectivity index (χ2v) is 7.21. The van der Waals surface area contributed by atoms with Crippen LogP contribution in [0.1, 0.15) is 26.3 Å². The maximum Gasteiger partial charge on any atom is 0.158 e. The first-order valence-corrected chi connectivity index (χ1v) is 8.31. The molecule has 1 N–H and O–H groups in total. The second-order valence-electron chi connectivity index (χ2n) is 7.21. The molecule has 1 heterocycles. The number of benzene rings is 3. The van der Waals surface area contributed by atoms with Crippen LogP contribution < -0.4 is 5.32 Å². The highest BCUT2D eigenvalue weighted by atomic mass is 16.3. The van der Waals surface area contributed by atoms with E-state index in [1.54, 1.807) is 0 Å². The molecule has 0 saturated heterocycles. The quantitative estimate of drug-likeness (QED) is 0.449. The topological polar surface area (TPSA) is 25.2 Å². The van der Waals surface area contributed by atoms with Gasteiger partial charge in [-0.3, -0.25) is 0 Å². The Morgan fingerprint density at radius 1 is 0.708 bits per heavy atom. The van der Waals surface area contributed by atoms with Crippen LogP contribution in [0.2, 0.25) is 0 Å². The molecular weight excluding hydrogens is 294 g/mol. The number of hydrogen-bond donors (Lipinski definition) is 1. The predicted molar refractivity (Wildman–Crippen MR) is 102 cm³/mol. The van der Waals surface area contributed by atoms with Gasteiger partial charge < -0.3 is 9.73 Å². The van der Waals surface area contributed by atoms with Crippen molar-refractivity contribution in [3.8, 4) is 0 Å². The molecule has 4 aromatic rings. The van der Waals surface area contributed by atoms with Gasteiger partial charge in [-0.05, 0) is 23.6 Å². The van der Waals surface area contributed by atoms with E-state index in [1.807, 2.05) is 18.2 Å². The molecule has 0 saturated carbocycles. The molecule has 0 aliphatic carbocycles. The minimum absolute atomic E-state index is 0.0421. The molecule has 0 amide bonds. The number of rotatable bonds is 2. The molecular formula is C22H21NO. The molecule has 120 valence electrons. The van der Waals surface area contributed by atoms with E-state index in [-0.39, 0.29) is 5.41 Å². The second kappa shape index (κ2) is 5.41. The first-order valence-electron chi connectivity index (χ1n) is 8.31.